The summed E-state index contributed by atoms with van der Waals surface area (Å²) in [4.78, 5) is 25.6. The second-order valence-electron chi connectivity index (χ2n) is 7.37. The number of likely N-dealkylation sites (tertiary alicyclic amines) is 1. The molecule has 0 unspecified atom stereocenters. The van der Waals surface area contributed by atoms with Crippen molar-refractivity contribution in [1.82, 2.24) is 4.90 Å². The second kappa shape index (κ2) is 8.59. The molecule has 2 aromatic carbocycles. The van der Waals surface area contributed by atoms with Crippen molar-refractivity contribution < 1.29 is 19.2 Å². The zero-order valence-corrected chi connectivity index (χ0v) is 16.0. The first-order valence-corrected chi connectivity index (χ1v) is 9.69. The molecule has 1 fully saturated rings. The van der Waals surface area contributed by atoms with Crippen molar-refractivity contribution in [1.29, 1.82) is 0 Å². The lowest BCUT2D eigenvalue weighted by atomic mass is 9.95. The Morgan fingerprint density at radius 3 is 2.69 bits per heavy atom. The van der Waals surface area contributed by atoms with Crippen LogP contribution in [0.2, 0.25) is 0 Å². The predicted molar refractivity (Wildman–Crippen MR) is 106 cm³/mol. The Kier molecular flexibility index (Phi) is 5.73. The Hall–Kier alpha value is -2.97. The van der Waals surface area contributed by atoms with E-state index in [2.05, 4.69) is 10.2 Å². The molecule has 0 spiro atoms. The molecule has 2 aliphatic rings. The van der Waals surface area contributed by atoms with Gasteiger partial charge in [-0.15, -0.1) is 0 Å². The van der Waals surface area contributed by atoms with Crippen LogP contribution in [0.1, 0.15) is 24.0 Å². The number of carbonyl (C=O) groups excluding carboxylic acids is 1. The third-order valence-corrected chi connectivity index (χ3v) is 5.38. The number of nitro groups is 1. The molecule has 0 bridgehead atoms. The Balaban J connectivity index is 1.39. The average molecular weight is 397 g/mol. The monoisotopic (exact) mass is 397 g/mol. The number of piperidine rings is 1. The van der Waals surface area contributed by atoms with E-state index in [0.29, 0.717) is 24.5 Å². The molecule has 0 aromatic heterocycles. The van der Waals surface area contributed by atoms with Crippen LogP contribution in [0.4, 0.5) is 11.4 Å². The summed E-state index contributed by atoms with van der Waals surface area (Å²) < 4.78 is 10.9. The van der Waals surface area contributed by atoms with E-state index in [1.807, 2.05) is 30.3 Å². The van der Waals surface area contributed by atoms with E-state index in [-0.39, 0.29) is 24.3 Å². The van der Waals surface area contributed by atoms with E-state index in [4.69, 9.17) is 9.47 Å². The molecule has 1 saturated heterocycles. The number of carbonyl (C=O) groups is 1. The molecule has 1 N–H and O–H groups in total. The average Bonchev–Trinajstić information content (AvgIpc) is 2.75. The van der Waals surface area contributed by atoms with Crippen molar-refractivity contribution in [3.63, 3.8) is 0 Å². The highest BCUT2D eigenvalue weighted by molar-refractivity contribution is 5.92. The second-order valence-corrected chi connectivity index (χ2v) is 7.37. The number of hydrogen-bond acceptors (Lipinski definition) is 6. The lowest BCUT2D eigenvalue weighted by Gasteiger charge is -2.32. The molecule has 2 aromatic rings. The van der Waals surface area contributed by atoms with Gasteiger partial charge < -0.3 is 14.8 Å². The van der Waals surface area contributed by atoms with Crippen LogP contribution in [-0.4, -0.2) is 35.6 Å². The van der Waals surface area contributed by atoms with E-state index >= 15 is 0 Å². The van der Waals surface area contributed by atoms with Gasteiger partial charge in [-0.2, -0.15) is 0 Å². The van der Waals surface area contributed by atoms with Crippen molar-refractivity contribution in [3.8, 4) is 5.75 Å². The molecule has 0 saturated carbocycles. The van der Waals surface area contributed by atoms with E-state index in [1.165, 1.54) is 6.07 Å². The van der Waals surface area contributed by atoms with Crippen LogP contribution in [0, 0.1) is 16.0 Å². The highest BCUT2D eigenvalue weighted by Gasteiger charge is 2.27. The molecule has 2 aliphatic heterocycles. The van der Waals surface area contributed by atoms with Gasteiger partial charge in [-0.1, -0.05) is 18.2 Å². The van der Waals surface area contributed by atoms with Gasteiger partial charge in [0.25, 0.3) is 5.69 Å². The van der Waals surface area contributed by atoms with Crippen LogP contribution in [0.25, 0.3) is 0 Å². The van der Waals surface area contributed by atoms with E-state index in [1.54, 1.807) is 6.07 Å². The zero-order valence-electron chi connectivity index (χ0n) is 16.0. The summed E-state index contributed by atoms with van der Waals surface area (Å²) in [5, 5.41) is 14.2. The van der Waals surface area contributed by atoms with Crippen LogP contribution in [-0.2, 0) is 22.7 Å². The quantitative estimate of drug-likeness (QED) is 0.614. The minimum Gasteiger partial charge on any atom is -0.467 e. The van der Waals surface area contributed by atoms with Gasteiger partial charge >= 0.3 is 0 Å². The molecule has 0 aliphatic carbocycles. The lowest BCUT2D eigenvalue weighted by Crippen LogP contribution is -2.38. The van der Waals surface area contributed by atoms with Crippen LogP contribution in [0.5, 0.6) is 5.75 Å². The van der Waals surface area contributed by atoms with Gasteiger partial charge in [-0.3, -0.25) is 19.8 Å². The Morgan fingerprint density at radius 2 is 1.97 bits per heavy atom. The molecule has 8 nitrogen and oxygen atoms in total. The number of hydrogen-bond donors (Lipinski definition) is 1. The summed E-state index contributed by atoms with van der Waals surface area (Å²) >= 11 is 0. The minimum atomic E-state index is -0.390. The first kappa shape index (κ1) is 19.4. The van der Waals surface area contributed by atoms with Crippen molar-refractivity contribution in [3.05, 3.63) is 63.7 Å². The summed E-state index contributed by atoms with van der Waals surface area (Å²) in [6.45, 7) is 2.52. The van der Waals surface area contributed by atoms with Gasteiger partial charge in [0, 0.05) is 41.4 Å². The van der Waals surface area contributed by atoms with Gasteiger partial charge in [-0.05, 0) is 38.1 Å². The SMILES string of the molecule is O=C(Nc1ccccc1)C1CCN(Cc2cc([N+](=O)[O-])cc3c2OCOC3)CC1. The molecular weight excluding hydrogens is 374 g/mol. The summed E-state index contributed by atoms with van der Waals surface area (Å²) in [7, 11) is 0. The van der Waals surface area contributed by atoms with Crippen LogP contribution < -0.4 is 10.1 Å². The maximum Gasteiger partial charge on any atom is 0.270 e. The first-order chi connectivity index (χ1) is 14.1. The number of fused-ring (bicyclic) bond motifs is 1. The number of para-hydroxylation sites is 1. The maximum atomic E-state index is 12.5. The van der Waals surface area contributed by atoms with Crippen LogP contribution in [0.15, 0.2) is 42.5 Å². The summed E-state index contributed by atoms with van der Waals surface area (Å²) in [5.41, 5.74) is 2.36. The first-order valence-electron chi connectivity index (χ1n) is 9.69. The summed E-state index contributed by atoms with van der Waals surface area (Å²) in [6, 6.07) is 12.5. The Labute approximate surface area is 168 Å². The molecular formula is C21H23N3O5. The largest absolute Gasteiger partial charge is 0.467 e. The fourth-order valence-corrected chi connectivity index (χ4v) is 3.86. The fourth-order valence-electron chi connectivity index (χ4n) is 3.86. The van der Waals surface area contributed by atoms with Crippen LogP contribution >= 0.6 is 0 Å². The number of anilines is 1. The molecule has 8 heteroatoms. The highest BCUT2D eigenvalue weighted by Crippen LogP contribution is 2.34. The van der Waals surface area contributed by atoms with Gasteiger partial charge in [0.2, 0.25) is 5.91 Å². The fraction of sp³-hybridized carbons (Fsp3) is 0.381. The van der Waals surface area contributed by atoms with Crippen molar-refractivity contribution in [2.75, 3.05) is 25.2 Å². The molecule has 152 valence electrons. The van der Waals surface area contributed by atoms with Gasteiger partial charge in [0.15, 0.2) is 6.79 Å². The summed E-state index contributed by atoms with van der Waals surface area (Å²) in [6.07, 6.45) is 1.50. The molecule has 0 atom stereocenters. The number of amides is 1. The molecule has 29 heavy (non-hydrogen) atoms. The number of ether oxygens (including phenoxy) is 2. The normalized spacial score (nSPS) is 17.2. The number of nitrogens with zero attached hydrogens (tertiary/aromatic N) is 2. The third kappa shape index (κ3) is 4.55. The standard InChI is InChI=1S/C21H23N3O5/c25-21(22-18-4-2-1-3-5-18)15-6-8-23(9-7-15)12-16-10-19(24(26)27)11-17-13-28-14-29-20(16)17/h1-5,10-11,15H,6-9,12-14H2,(H,22,25). The van der Waals surface area contributed by atoms with Crippen LogP contribution in [0.3, 0.4) is 0 Å². The third-order valence-electron chi connectivity index (χ3n) is 5.38. The smallest absolute Gasteiger partial charge is 0.270 e. The maximum absolute atomic E-state index is 12.5. The van der Waals surface area contributed by atoms with Crippen molar-refractivity contribution >= 4 is 17.3 Å². The van der Waals surface area contributed by atoms with E-state index in [9.17, 15) is 14.9 Å². The number of benzene rings is 2. The number of non-ortho nitro benzene ring substituents is 1. The van der Waals surface area contributed by atoms with Gasteiger partial charge in [0.1, 0.15) is 5.75 Å². The number of nitrogens with one attached hydrogen (secondary N) is 1. The van der Waals surface area contributed by atoms with Gasteiger partial charge in [-0.25, -0.2) is 0 Å². The van der Waals surface area contributed by atoms with E-state index < -0.39 is 4.92 Å². The lowest BCUT2D eigenvalue weighted by molar-refractivity contribution is -0.385. The number of rotatable bonds is 5. The predicted octanol–water partition coefficient (Wildman–Crippen LogP) is 3.31. The van der Waals surface area contributed by atoms with Crippen molar-refractivity contribution in [2.24, 2.45) is 5.92 Å². The topological polar surface area (TPSA) is 93.9 Å². The van der Waals surface area contributed by atoms with E-state index in [0.717, 1.165) is 37.2 Å². The molecule has 1 amide bonds. The molecule has 4 rings (SSSR count). The number of nitro benzene ring substituents is 1. The molecule has 0 radical (unpaired) electrons. The Morgan fingerprint density at radius 1 is 1.21 bits per heavy atom. The van der Waals surface area contributed by atoms with Gasteiger partial charge in [0.05, 0.1) is 11.5 Å². The Bertz CT molecular complexity index is 895. The molecule has 2 heterocycles. The summed E-state index contributed by atoms with van der Waals surface area (Å²) in [5.74, 6) is 0.699. The zero-order chi connectivity index (χ0) is 20.2. The highest BCUT2D eigenvalue weighted by atomic mass is 16.7. The van der Waals surface area contributed by atoms with Crippen molar-refractivity contribution in [2.45, 2.75) is 26.0 Å². The minimum absolute atomic E-state index is 0.0323.